The highest BCUT2D eigenvalue weighted by Crippen LogP contribution is 2.14. The van der Waals surface area contributed by atoms with E-state index < -0.39 is 10.0 Å². The number of hydrogen-bond acceptors (Lipinski definition) is 7. The molecule has 1 aliphatic rings. The number of nitrogens with zero attached hydrogens (tertiary/aromatic N) is 5. The van der Waals surface area contributed by atoms with E-state index in [1.807, 2.05) is 0 Å². The molecule has 2 heterocycles. The maximum Gasteiger partial charge on any atom is 0.228 e. The van der Waals surface area contributed by atoms with E-state index in [0.29, 0.717) is 18.2 Å². The number of anilines is 1. The van der Waals surface area contributed by atoms with Crippen LogP contribution < -0.4 is 9.64 Å². The van der Waals surface area contributed by atoms with Gasteiger partial charge < -0.3 is 9.64 Å². The number of piperazine rings is 1. The summed E-state index contributed by atoms with van der Waals surface area (Å²) >= 11 is 0. The van der Waals surface area contributed by atoms with Crippen LogP contribution in [0.3, 0.4) is 0 Å². The van der Waals surface area contributed by atoms with Gasteiger partial charge in [-0.05, 0) is 13.0 Å². The Balaban J connectivity index is 1.78. The van der Waals surface area contributed by atoms with E-state index in [-0.39, 0.29) is 5.75 Å². The maximum atomic E-state index is 11.7. The third-order valence-electron chi connectivity index (χ3n) is 3.91. The van der Waals surface area contributed by atoms with Gasteiger partial charge in [-0.2, -0.15) is 4.98 Å². The van der Waals surface area contributed by atoms with Gasteiger partial charge in [0, 0.05) is 52.5 Å². The van der Waals surface area contributed by atoms with Crippen molar-refractivity contribution in [2.75, 3.05) is 64.6 Å². The van der Waals surface area contributed by atoms with Crippen molar-refractivity contribution in [1.82, 2.24) is 19.2 Å². The molecule has 1 aromatic rings. The molecule has 0 unspecified atom stereocenters. The van der Waals surface area contributed by atoms with Crippen LogP contribution in [0, 0.1) is 0 Å². The quantitative estimate of drug-likeness (QED) is 0.683. The van der Waals surface area contributed by atoms with Gasteiger partial charge in [-0.15, -0.1) is 0 Å². The van der Waals surface area contributed by atoms with E-state index in [4.69, 9.17) is 4.74 Å². The van der Waals surface area contributed by atoms with Crippen molar-refractivity contribution in [2.45, 2.75) is 6.42 Å². The monoisotopic (exact) mass is 343 g/mol. The maximum absolute atomic E-state index is 11.7. The van der Waals surface area contributed by atoms with Crippen LogP contribution in [0.5, 0.6) is 5.88 Å². The Morgan fingerprint density at radius 3 is 2.57 bits per heavy atom. The van der Waals surface area contributed by atoms with E-state index in [0.717, 1.165) is 32.7 Å². The number of rotatable bonds is 7. The molecular weight excluding hydrogens is 318 g/mol. The van der Waals surface area contributed by atoms with Gasteiger partial charge in [-0.1, -0.05) is 0 Å². The zero-order chi connectivity index (χ0) is 16.9. The van der Waals surface area contributed by atoms with Crippen LogP contribution in [0.2, 0.25) is 0 Å². The first-order valence-electron chi connectivity index (χ1n) is 7.67. The Bertz CT molecular complexity index is 600. The summed E-state index contributed by atoms with van der Waals surface area (Å²) in [5.41, 5.74) is 0. The average Bonchev–Trinajstić information content (AvgIpc) is 2.55. The summed E-state index contributed by atoms with van der Waals surface area (Å²) in [6.45, 7) is 4.20. The van der Waals surface area contributed by atoms with Gasteiger partial charge in [-0.3, -0.25) is 4.90 Å². The predicted octanol–water partition coefficient (Wildman–Crippen LogP) is -0.111. The number of methoxy groups -OCH3 is 1. The Morgan fingerprint density at radius 1 is 1.26 bits per heavy atom. The van der Waals surface area contributed by atoms with Gasteiger partial charge in [0.2, 0.25) is 21.9 Å². The van der Waals surface area contributed by atoms with E-state index >= 15 is 0 Å². The van der Waals surface area contributed by atoms with Crippen molar-refractivity contribution < 1.29 is 13.2 Å². The van der Waals surface area contributed by atoms with Gasteiger partial charge in [0.1, 0.15) is 0 Å². The number of sulfonamides is 1. The van der Waals surface area contributed by atoms with Gasteiger partial charge >= 0.3 is 0 Å². The molecule has 8 nitrogen and oxygen atoms in total. The normalized spacial score (nSPS) is 16.8. The second-order valence-electron chi connectivity index (χ2n) is 5.68. The average molecular weight is 343 g/mol. The molecule has 0 aliphatic carbocycles. The van der Waals surface area contributed by atoms with Crippen LogP contribution in [-0.4, -0.2) is 87.3 Å². The molecule has 0 bridgehead atoms. The third-order valence-corrected chi connectivity index (χ3v) is 5.83. The molecule has 2 rings (SSSR count). The summed E-state index contributed by atoms with van der Waals surface area (Å²) in [5.74, 6) is 1.43. The number of ether oxygens (including phenoxy) is 1. The van der Waals surface area contributed by atoms with E-state index in [1.165, 1.54) is 4.31 Å². The van der Waals surface area contributed by atoms with Crippen LogP contribution in [0.25, 0.3) is 0 Å². The van der Waals surface area contributed by atoms with Crippen molar-refractivity contribution >= 4 is 16.0 Å². The lowest BCUT2D eigenvalue weighted by Gasteiger charge is -2.34. The Hall–Kier alpha value is -1.45. The second kappa shape index (κ2) is 7.89. The zero-order valence-electron chi connectivity index (χ0n) is 14.0. The minimum Gasteiger partial charge on any atom is -0.481 e. The van der Waals surface area contributed by atoms with Crippen molar-refractivity contribution in [3.8, 4) is 5.88 Å². The number of aromatic nitrogens is 2. The molecule has 0 amide bonds. The van der Waals surface area contributed by atoms with Gasteiger partial charge in [0.15, 0.2) is 0 Å². The summed E-state index contributed by atoms with van der Waals surface area (Å²) in [5, 5.41) is 0. The zero-order valence-corrected chi connectivity index (χ0v) is 14.8. The number of hydrogen-bond donors (Lipinski definition) is 0. The molecule has 0 atom stereocenters. The molecular formula is C14H25N5O3S. The van der Waals surface area contributed by atoms with Crippen LogP contribution in [-0.2, 0) is 10.0 Å². The molecule has 0 radical (unpaired) electrons. The molecule has 0 N–H and O–H groups in total. The van der Waals surface area contributed by atoms with Crippen LogP contribution in [0.1, 0.15) is 6.42 Å². The first kappa shape index (κ1) is 17.9. The summed E-state index contributed by atoms with van der Waals surface area (Å²) in [6, 6.07) is 1.73. The lowest BCUT2D eigenvalue weighted by molar-refractivity contribution is 0.257. The molecule has 0 aromatic carbocycles. The minimum absolute atomic E-state index is 0.194. The molecule has 0 spiro atoms. The van der Waals surface area contributed by atoms with Crippen molar-refractivity contribution in [3.05, 3.63) is 12.3 Å². The van der Waals surface area contributed by atoms with Crippen LogP contribution in [0.4, 0.5) is 5.95 Å². The lowest BCUT2D eigenvalue weighted by Crippen LogP contribution is -2.47. The Morgan fingerprint density at radius 2 is 1.96 bits per heavy atom. The van der Waals surface area contributed by atoms with Crippen molar-refractivity contribution in [3.63, 3.8) is 0 Å². The third kappa shape index (κ3) is 5.02. The van der Waals surface area contributed by atoms with E-state index in [9.17, 15) is 8.42 Å². The molecule has 130 valence electrons. The highest BCUT2D eigenvalue weighted by Gasteiger charge is 2.20. The molecule has 1 aliphatic heterocycles. The first-order valence-corrected chi connectivity index (χ1v) is 9.28. The standard InChI is InChI=1S/C14H25N5O3S/c1-17(2)23(20,21)12-4-7-18-8-10-19(11-9-18)14-15-6-5-13(16-14)22-3/h5-6H,4,7-12H2,1-3H3. The predicted molar refractivity (Wildman–Crippen MR) is 89.3 cm³/mol. The van der Waals surface area contributed by atoms with Crippen LogP contribution >= 0.6 is 0 Å². The van der Waals surface area contributed by atoms with Crippen molar-refractivity contribution in [1.29, 1.82) is 0 Å². The van der Waals surface area contributed by atoms with E-state index in [1.54, 1.807) is 33.5 Å². The summed E-state index contributed by atoms with van der Waals surface area (Å²) in [6.07, 6.45) is 2.34. The Labute approximate surface area is 138 Å². The molecule has 23 heavy (non-hydrogen) atoms. The highest BCUT2D eigenvalue weighted by molar-refractivity contribution is 7.89. The van der Waals surface area contributed by atoms with Gasteiger partial charge in [0.05, 0.1) is 12.9 Å². The smallest absolute Gasteiger partial charge is 0.228 e. The fourth-order valence-electron chi connectivity index (χ4n) is 2.42. The minimum atomic E-state index is -3.10. The molecule has 1 saturated heterocycles. The van der Waals surface area contributed by atoms with Crippen LogP contribution in [0.15, 0.2) is 12.3 Å². The lowest BCUT2D eigenvalue weighted by atomic mass is 10.3. The second-order valence-corrected chi connectivity index (χ2v) is 7.98. The van der Waals surface area contributed by atoms with Gasteiger partial charge in [-0.25, -0.2) is 17.7 Å². The molecule has 0 saturated carbocycles. The SMILES string of the molecule is COc1ccnc(N2CCN(CCCS(=O)(=O)N(C)C)CC2)n1. The highest BCUT2D eigenvalue weighted by atomic mass is 32.2. The largest absolute Gasteiger partial charge is 0.481 e. The molecule has 9 heteroatoms. The van der Waals surface area contributed by atoms with Gasteiger partial charge in [0.25, 0.3) is 0 Å². The Kier molecular flexibility index (Phi) is 6.14. The van der Waals surface area contributed by atoms with Crippen molar-refractivity contribution in [2.24, 2.45) is 0 Å². The fraction of sp³-hybridized carbons (Fsp3) is 0.714. The molecule has 1 aromatic heterocycles. The van der Waals surface area contributed by atoms with E-state index in [2.05, 4.69) is 19.8 Å². The fourth-order valence-corrected chi connectivity index (χ4v) is 3.28. The summed E-state index contributed by atoms with van der Waals surface area (Å²) in [4.78, 5) is 13.0. The summed E-state index contributed by atoms with van der Waals surface area (Å²) < 4.78 is 29.9. The summed E-state index contributed by atoms with van der Waals surface area (Å²) in [7, 11) is 1.63. The first-order chi connectivity index (χ1) is 10.9. The molecule has 1 fully saturated rings. The topological polar surface area (TPSA) is 78.9 Å².